The number of carbonyl (C=O) groups is 2. The van der Waals surface area contributed by atoms with E-state index in [2.05, 4.69) is 20.4 Å². The summed E-state index contributed by atoms with van der Waals surface area (Å²) in [7, 11) is 0. The van der Waals surface area contributed by atoms with Gasteiger partial charge in [0, 0.05) is 37.9 Å². The zero-order valence-electron chi connectivity index (χ0n) is 17.5. The molecular formula is C23H29FN4O2. The summed E-state index contributed by atoms with van der Waals surface area (Å²) in [6, 6.07) is 15.1. The highest BCUT2D eigenvalue weighted by atomic mass is 19.1. The van der Waals surface area contributed by atoms with Crippen LogP contribution in [0.2, 0.25) is 0 Å². The van der Waals surface area contributed by atoms with E-state index in [-0.39, 0.29) is 23.7 Å². The summed E-state index contributed by atoms with van der Waals surface area (Å²) in [5.41, 5.74) is 1.47. The molecule has 0 aliphatic carbocycles. The van der Waals surface area contributed by atoms with E-state index in [1.54, 1.807) is 12.1 Å². The van der Waals surface area contributed by atoms with Crippen molar-refractivity contribution in [1.82, 2.24) is 15.1 Å². The Hall–Kier alpha value is -2.77. The molecule has 2 N–H and O–H groups in total. The molecule has 1 aliphatic rings. The van der Waals surface area contributed by atoms with Crippen LogP contribution in [0.3, 0.4) is 0 Å². The molecule has 1 heterocycles. The average Bonchev–Trinajstić information content (AvgIpc) is 2.71. The molecule has 0 bridgehead atoms. The molecule has 2 amide bonds. The zero-order chi connectivity index (χ0) is 21.5. The number of carbonyl (C=O) groups excluding carboxylic acids is 2. The molecule has 7 heteroatoms. The second kappa shape index (κ2) is 10.3. The van der Waals surface area contributed by atoms with Crippen LogP contribution in [0.5, 0.6) is 0 Å². The van der Waals surface area contributed by atoms with Gasteiger partial charge in [-0.15, -0.1) is 0 Å². The Morgan fingerprint density at radius 1 is 0.967 bits per heavy atom. The first kappa shape index (κ1) is 21.9. The highest BCUT2D eigenvalue weighted by molar-refractivity contribution is 5.95. The minimum absolute atomic E-state index is 0.0205. The third-order valence-electron chi connectivity index (χ3n) is 5.06. The van der Waals surface area contributed by atoms with Crippen LogP contribution in [0, 0.1) is 5.82 Å². The molecule has 0 aromatic heterocycles. The molecule has 1 fully saturated rings. The van der Waals surface area contributed by atoms with Crippen LogP contribution in [0.4, 0.5) is 10.1 Å². The van der Waals surface area contributed by atoms with Gasteiger partial charge in [-0.05, 0) is 43.7 Å². The fourth-order valence-electron chi connectivity index (χ4n) is 3.66. The largest absolute Gasteiger partial charge is 0.353 e. The first-order valence-electron chi connectivity index (χ1n) is 10.3. The maximum Gasteiger partial charge on any atom is 0.246 e. The van der Waals surface area contributed by atoms with Crippen molar-refractivity contribution >= 4 is 17.5 Å². The van der Waals surface area contributed by atoms with Gasteiger partial charge in [-0.25, -0.2) is 4.39 Å². The minimum atomic E-state index is -0.456. The number of benzene rings is 2. The lowest BCUT2D eigenvalue weighted by Gasteiger charge is -2.38. The number of hydrogen-bond acceptors (Lipinski definition) is 4. The fourth-order valence-corrected chi connectivity index (χ4v) is 3.66. The molecule has 0 spiro atoms. The van der Waals surface area contributed by atoms with Gasteiger partial charge in [0.2, 0.25) is 11.8 Å². The van der Waals surface area contributed by atoms with Crippen LogP contribution in [-0.4, -0.2) is 60.4 Å². The molecule has 0 saturated carbocycles. The molecule has 0 unspecified atom stereocenters. The summed E-state index contributed by atoms with van der Waals surface area (Å²) in [6.45, 7) is 7.01. The van der Waals surface area contributed by atoms with Crippen molar-refractivity contribution in [2.45, 2.75) is 25.9 Å². The molecule has 1 atom stereocenters. The summed E-state index contributed by atoms with van der Waals surface area (Å²) >= 11 is 0. The lowest BCUT2D eigenvalue weighted by atomic mass is 10.0. The van der Waals surface area contributed by atoms with E-state index in [0.29, 0.717) is 38.4 Å². The summed E-state index contributed by atoms with van der Waals surface area (Å²) < 4.78 is 13.2. The van der Waals surface area contributed by atoms with E-state index >= 15 is 0 Å². The van der Waals surface area contributed by atoms with Gasteiger partial charge in [0.15, 0.2) is 0 Å². The first-order chi connectivity index (χ1) is 14.4. The quantitative estimate of drug-likeness (QED) is 0.734. The number of halogens is 1. The van der Waals surface area contributed by atoms with Gasteiger partial charge in [-0.1, -0.05) is 30.3 Å². The molecule has 0 radical (unpaired) electrons. The second-order valence-electron chi connectivity index (χ2n) is 7.84. The summed E-state index contributed by atoms with van der Waals surface area (Å²) in [5.74, 6) is -0.476. The topological polar surface area (TPSA) is 64.7 Å². The Kier molecular flexibility index (Phi) is 7.54. The smallest absolute Gasteiger partial charge is 0.246 e. The van der Waals surface area contributed by atoms with E-state index in [0.717, 1.165) is 5.56 Å². The van der Waals surface area contributed by atoms with Crippen LogP contribution < -0.4 is 10.6 Å². The molecule has 6 nitrogen and oxygen atoms in total. The number of anilines is 1. The molecule has 1 aliphatic heterocycles. The zero-order valence-corrected chi connectivity index (χ0v) is 17.5. The van der Waals surface area contributed by atoms with E-state index < -0.39 is 6.04 Å². The van der Waals surface area contributed by atoms with Gasteiger partial charge in [0.1, 0.15) is 11.9 Å². The monoisotopic (exact) mass is 412 g/mol. The normalized spacial score (nSPS) is 16.3. The molecular weight excluding hydrogens is 383 g/mol. The molecule has 2 aromatic carbocycles. The maximum atomic E-state index is 13.2. The second-order valence-corrected chi connectivity index (χ2v) is 7.84. The van der Waals surface area contributed by atoms with Crippen molar-refractivity contribution in [3.05, 3.63) is 66.0 Å². The molecule has 1 saturated heterocycles. The third kappa shape index (κ3) is 6.11. The van der Waals surface area contributed by atoms with Gasteiger partial charge in [-0.3, -0.25) is 19.4 Å². The SMILES string of the molecule is CC(C)NC(=O)CN1CCN([C@@H](C(=O)Nc2ccc(F)cc2)c2ccccc2)CC1. The Morgan fingerprint density at radius 2 is 1.60 bits per heavy atom. The number of piperazine rings is 1. The van der Waals surface area contributed by atoms with Crippen LogP contribution in [-0.2, 0) is 9.59 Å². The predicted octanol–water partition coefficient (Wildman–Crippen LogP) is 2.65. The van der Waals surface area contributed by atoms with Crippen molar-refractivity contribution in [2.75, 3.05) is 38.0 Å². The van der Waals surface area contributed by atoms with Crippen molar-refractivity contribution in [1.29, 1.82) is 0 Å². The van der Waals surface area contributed by atoms with Crippen LogP contribution in [0.1, 0.15) is 25.5 Å². The molecule has 160 valence electrons. The van der Waals surface area contributed by atoms with Gasteiger partial charge in [0.25, 0.3) is 0 Å². The van der Waals surface area contributed by atoms with Crippen molar-refractivity contribution < 1.29 is 14.0 Å². The van der Waals surface area contributed by atoms with Gasteiger partial charge in [0.05, 0.1) is 6.54 Å². The summed E-state index contributed by atoms with van der Waals surface area (Å²) in [5, 5.41) is 5.82. The standard InChI is InChI=1S/C23H29FN4O2/c1-17(2)25-21(29)16-27-12-14-28(15-13-27)22(18-6-4-3-5-7-18)23(30)26-20-10-8-19(24)9-11-20/h3-11,17,22H,12-16H2,1-2H3,(H,25,29)(H,26,30)/t22-/m1/s1. The van der Waals surface area contributed by atoms with Crippen molar-refractivity contribution in [2.24, 2.45) is 0 Å². The van der Waals surface area contributed by atoms with Gasteiger partial charge >= 0.3 is 0 Å². The Balaban J connectivity index is 1.67. The lowest BCUT2D eigenvalue weighted by molar-refractivity contribution is -0.125. The van der Waals surface area contributed by atoms with Crippen molar-refractivity contribution in [3.8, 4) is 0 Å². The molecule has 30 heavy (non-hydrogen) atoms. The first-order valence-corrected chi connectivity index (χ1v) is 10.3. The summed E-state index contributed by atoms with van der Waals surface area (Å²) in [4.78, 5) is 29.4. The van der Waals surface area contributed by atoms with E-state index in [1.807, 2.05) is 44.2 Å². The van der Waals surface area contributed by atoms with Crippen molar-refractivity contribution in [3.63, 3.8) is 0 Å². The number of rotatable bonds is 7. The Bertz CT molecular complexity index is 834. The Morgan fingerprint density at radius 3 is 2.20 bits per heavy atom. The van der Waals surface area contributed by atoms with Crippen LogP contribution >= 0.6 is 0 Å². The minimum Gasteiger partial charge on any atom is -0.353 e. The maximum absolute atomic E-state index is 13.2. The number of nitrogens with one attached hydrogen (secondary N) is 2. The predicted molar refractivity (Wildman–Crippen MR) is 116 cm³/mol. The fraction of sp³-hybridized carbons (Fsp3) is 0.391. The van der Waals surface area contributed by atoms with E-state index in [9.17, 15) is 14.0 Å². The average molecular weight is 413 g/mol. The third-order valence-corrected chi connectivity index (χ3v) is 5.06. The Labute approximate surface area is 177 Å². The summed E-state index contributed by atoms with van der Waals surface area (Å²) in [6.07, 6.45) is 0. The number of amides is 2. The van der Waals surface area contributed by atoms with Crippen LogP contribution in [0.15, 0.2) is 54.6 Å². The van der Waals surface area contributed by atoms with Crippen LogP contribution in [0.25, 0.3) is 0 Å². The molecule has 3 rings (SSSR count). The van der Waals surface area contributed by atoms with Gasteiger partial charge < -0.3 is 10.6 Å². The number of nitrogens with zero attached hydrogens (tertiary/aromatic N) is 2. The number of hydrogen-bond donors (Lipinski definition) is 2. The highest BCUT2D eigenvalue weighted by Gasteiger charge is 2.31. The van der Waals surface area contributed by atoms with E-state index in [1.165, 1.54) is 12.1 Å². The highest BCUT2D eigenvalue weighted by Crippen LogP contribution is 2.24. The van der Waals surface area contributed by atoms with E-state index in [4.69, 9.17) is 0 Å². The lowest BCUT2D eigenvalue weighted by Crippen LogP contribution is -2.52. The molecule has 2 aromatic rings. The van der Waals surface area contributed by atoms with Gasteiger partial charge in [-0.2, -0.15) is 0 Å².